The average Bonchev–Trinajstić information content (AvgIpc) is 2.97. The molecule has 2 heterocycles. The number of likely N-dealkylation sites (tertiary alicyclic amines) is 1. The Morgan fingerprint density at radius 3 is 2.54 bits per heavy atom. The summed E-state index contributed by atoms with van der Waals surface area (Å²) in [5.41, 5.74) is 2.28. The Bertz CT molecular complexity index is 630. The number of benzene rings is 1. The molecule has 24 heavy (non-hydrogen) atoms. The van der Waals surface area contributed by atoms with E-state index < -0.39 is 0 Å². The Morgan fingerprint density at radius 1 is 1.04 bits per heavy atom. The lowest BCUT2D eigenvalue weighted by Gasteiger charge is -2.19. The quantitative estimate of drug-likeness (QED) is 0.789. The third-order valence-electron chi connectivity index (χ3n) is 4.57. The summed E-state index contributed by atoms with van der Waals surface area (Å²) in [6.45, 7) is 4.30. The van der Waals surface area contributed by atoms with Gasteiger partial charge in [0.2, 0.25) is 0 Å². The third kappa shape index (κ3) is 4.92. The van der Waals surface area contributed by atoms with Crippen LogP contribution in [-0.2, 0) is 0 Å². The Labute approximate surface area is 148 Å². The molecule has 3 nitrogen and oxygen atoms in total. The molecule has 1 aromatic heterocycles. The van der Waals surface area contributed by atoms with Crippen LogP contribution in [0.3, 0.4) is 0 Å². The van der Waals surface area contributed by atoms with E-state index in [9.17, 15) is 4.79 Å². The monoisotopic (exact) mass is 342 g/mol. The van der Waals surface area contributed by atoms with Crippen molar-refractivity contribution in [2.24, 2.45) is 0 Å². The zero-order chi connectivity index (χ0) is 16.6. The third-order valence-corrected chi connectivity index (χ3v) is 5.49. The van der Waals surface area contributed by atoms with E-state index in [4.69, 9.17) is 0 Å². The fourth-order valence-corrected chi connectivity index (χ4v) is 4.02. The number of hydrogen-bond donors (Lipinski definition) is 1. The highest BCUT2D eigenvalue weighted by atomic mass is 32.1. The van der Waals surface area contributed by atoms with Crippen LogP contribution in [0.2, 0.25) is 0 Å². The Balaban J connectivity index is 1.43. The first kappa shape index (κ1) is 17.2. The number of nitrogens with zero attached hydrogens (tertiary/aromatic N) is 1. The van der Waals surface area contributed by atoms with Gasteiger partial charge in [-0.15, -0.1) is 11.3 Å². The summed E-state index contributed by atoms with van der Waals surface area (Å²) in [4.78, 5) is 15.6. The summed E-state index contributed by atoms with van der Waals surface area (Å²) in [7, 11) is 0. The fourth-order valence-electron chi connectivity index (χ4n) is 3.19. The first-order chi connectivity index (χ1) is 11.8. The van der Waals surface area contributed by atoms with Gasteiger partial charge in [0, 0.05) is 6.54 Å². The van der Waals surface area contributed by atoms with Crippen molar-refractivity contribution >= 4 is 17.2 Å². The smallest absolute Gasteiger partial charge is 0.261 e. The number of nitrogens with one attached hydrogen (secondary N) is 1. The Kier molecular flexibility index (Phi) is 6.44. The summed E-state index contributed by atoms with van der Waals surface area (Å²) < 4.78 is 0. The summed E-state index contributed by atoms with van der Waals surface area (Å²) in [5, 5.41) is 5.12. The molecule has 0 aliphatic carbocycles. The summed E-state index contributed by atoms with van der Waals surface area (Å²) in [6.07, 6.45) is 6.42. The Morgan fingerprint density at radius 2 is 1.79 bits per heavy atom. The molecule has 0 atom stereocenters. The molecule has 1 saturated heterocycles. The predicted octanol–water partition coefficient (Wildman–Crippen LogP) is 4.41. The van der Waals surface area contributed by atoms with Gasteiger partial charge in [0.05, 0.1) is 4.88 Å². The minimum atomic E-state index is 0.0537. The molecular formula is C20H26N2OS. The number of carbonyl (C=O) groups is 1. The largest absolute Gasteiger partial charge is 0.351 e. The van der Waals surface area contributed by atoms with Crippen LogP contribution in [0.15, 0.2) is 41.8 Å². The molecule has 1 aliphatic heterocycles. The van der Waals surface area contributed by atoms with Gasteiger partial charge >= 0.3 is 0 Å². The summed E-state index contributed by atoms with van der Waals surface area (Å²) >= 11 is 1.52. The molecule has 4 heteroatoms. The zero-order valence-corrected chi connectivity index (χ0v) is 15.0. The van der Waals surface area contributed by atoms with Gasteiger partial charge < -0.3 is 10.2 Å². The van der Waals surface area contributed by atoms with Crippen LogP contribution >= 0.6 is 11.3 Å². The van der Waals surface area contributed by atoms with Gasteiger partial charge in [0.1, 0.15) is 0 Å². The number of rotatable bonds is 6. The standard InChI is InChI=1S/C20H26N2OS/c23-20(21-11-8-14-22-12-6-1-2-7-13-22)19-15-18(16-24-19)17-9-4-3-5-10-17/h3-5,9-10,15-16H,1-2,6-8,11-14H2,(H,21,23). The molecule has 0 bridgehead atoms. The summed E-state index contributed by atoms with van der Waals surface area (Å²) in [6, 6.07) is 12.2. The highest BCUT2D eigenvalue weighted by Crippen LogP contribution is 2.25. The minimum Gasteiger partial charge on any atom is -0.351 e. The molecule has 0 unspecified atom stereocenters. The van der Waals surface area contributed by atoms with Crippen molar-refractivity contribution in [2.45, 2.75) is 32.1 Å². The maximum Gasteiger partial charge on any atom is 0.261 e. The van der Waals surface area contributed by atoms with Crippen molar-refractivity contribution in [3.05, 3.63) is 46.7 Å². The van der Waals surface area contributed by atoms with Crippen molar-refractivity contribution in [1.82, 2.24) is 10.2 Å². The molecule has 1 aromatic carbocycles. The van der Waals surface area contributed by atoms with Crippen molar-refractivity contribution in [3.8, 4) is 11.1 Å². The van der Waals surface area contributed by atoms with Crippen LogP contribution in [0.25, 0.3) is 11.1 Å². The molecule has 128 valence electrons. The van der Waals surface area contributed by atoms with Crippen LogP contribution < -0.4 is 5.32 Å². The molecule has 1 amide bonds. The summed E-state index contributed by atoms with van der Waals surface area (Å²) in [5.74, 6) is 0.0537. The van der Waals surface area contributed by atoms with E-state index in [2.05, 4.69) is 27.7 Å². The van der Waals surface area contributed by atoms with E-state index in [1.807, 2.05) is 24.3 Å². The second kappa shape index (κ2) is 9.00. The van der Waals surface area contributed by atoms with Gasteiger partial charge in [-0.3, -0.25) is 4.79 Å². The van der Waals surface area contributed by atoms with Gasteiger partial charge in [-0.1, -0.05) is 43.2 Å². The SMILES string of the molecule is O=C(NCCCN1CCCCCC1)c1cc(-c2ccccc2)cs1. The van der Waals surface area contributed by atoms with E-state index in [0.29, 0.717) is 0 Å². The second-order valence-electron chi connectivity index (χ2n) is 6.43. The van der Waals surface area contributed by atoms with E-state index in [-0.39, 0.29) is 5.91 Å². The van der Waals surface area contributed by atoms with Crippen LogP contribution in [-0.4, -0.2) is 37.0 Å². The van der Waals surface area contributed by atoms with Crippen LogP contribution in [0.5, 0.6) is 0 Å². The molecular weight excluding hydrogens is 316 g/mol. The zero-order valence-electron chi connectivity index (χ0n) is 14.2. The van der Waals surface area contributed by atoms with Crippen molar-refractivity contribution < 1.29 is 4.79 Å². The van der Waals surface area contributed by atoms with Crippen LogP contribution in [0, 0.1) is 0 Å². The van der Waals surface area contributed by atoms with Gasteiger partial charge in [-0.25, -0.2) is 0 Å². The lowest BCUT2D eigenvalue weighted by Crippen LogP contribution is -2.30. The highest BCUT2D eigenvalue weighted by Gasteiger charge is 2.11. The molecule has 0 spiro atoms. The molecule has 1 aliphatic rings. The molecule has 0 saturated carbocycles. The van der Waals surface area contributed by atoms with E-state index >= 15 is 0 Å². The first-order valence-corrected chi connectivity index (χ1v) is 9.85. The molecule has 0 radical (unpaired) electrons. The normalized spacial score (nSPS) is 15.8. The number of thiophene rings is 1. The van der Waals surface area contributed by atoms with Gasteiger partial charge in [0.25, 0.3) is 5.91 Å². The van der Waals surface area contributed by atoms with Gasteiger partial charge in [0.15, 0.2) is 0 Å². The van der Waals surface area contributed by atoms with E-state index in [1.54, 1.807) is 0 Å². The van der Waals surface area contributed by atoms with Gasteiger partial charge in [-0.2, -0.15) is 0 Å². The first-order valence-electron chi connectivity index (χ1n) is 8.97. The average molecular weight is 343 g/mol. The molecule has 1 fully saturated rings. The number of carbonyl (C=O) groups excluding carboxylic acids is 1. The van der Waals surface area contributed by atoms with Crippen molar-refractivity contribution in [1.29, 1.82) is 0 Å². The van der Waals surface area contributed by atoms with E-state index in [0.717, 1.165) is 35.5 Å². The van der Waals surface area contributed by atoms with Gasteiger partial charge in [-0.05, 0) is 61.5 Å². The molecule has 1 N–H and O–H groups in total. The highest BCUT2D eigenvalue weighted by molar-refractivity contribution is 7.12. The lowest BCUT2D eigenvalue weighted by atomic mass is 10.1. The van der Waals surface area contributed by atoms with Crippen LogP contribution in [0.4, 0.5) is 0 Å². The van der Waals surface area contributed by atoms with Crippen molar-refractivity contribution in [2.75, 3.05) is 26.2 Å². The predicted molar refractivity (Wildman–Crippen MR) is 102 cm³/mol. The molecule has 3 rings (SSSR count). The maximum atomic E-state index is 12.3. The fraction of sp³-hybridized carbons (Fsp3) is 0.450. The minimum absolute atomic E-state index is 0.0537. The Hall–Kier alpha value is -1.65. The number of amides is 1. The van der Waals surface area contributed by atoms with E-state index in [1.165, 1.54) is 50.1 Å². The lowest BCUT2D eigenvalue weighted by molar-refractivity contribution is 0.0955. The maximum absolute atomic E-state index is 12.3. The van der Waals surface area contributed by atoms with Crippen molar-refractivity contribution in [3.63, 3.8) is 0 Å². The topological polar surface area (TPSA) is 32.3 Å². The number of hydrogen-bond acceptors (Lipinski definition) is 3. The molecule has 2 aromatic rings. The second-order valence-corrected chi connectivity index (χ2v) is 7.34. The van der Waals surface area contributed by atoms with Crippen LogP contribution in [0.1, 0.15) is 41.8 Å².